The van der Waals surface area contributed by atoms with E-state index in [0.29, 0.717) is 24.3 Å². The van der Waals surface area contributed by atoms with E-state index >= 15 is 0 Å². The third-order valence-corrected chi connectivity index (χ3v) is 6.47. The summed E-state index contributed by atoms with van der Waals surface area (Å²) in [6.07, 6.45) is 2.04. The first-order valence-corrected chi connectivity index (χ1v) is 11.3. The zero-order chi connectivity index (χ0) is 21.5. The van der Waals surface area contributed by atoms with Crippen LogP contribution >= 0.6 is 11.3 Å². The molecule has 0 radical (unpaired) electrons. The molecule has 0 saturated carbocycles. The fraction of sp³-hybridized carbons (Fsp3) is 0.545. The first kappa shape index (κ1) is 22.5. The molecule has 0 amide bonds. The molecule has 1 saturated heterocycles. The molecular formula is C22H32FN5OS. The third-order valence-electron chi connectivity index (χ3n) is 5.27. The van der Waals surface area contributed by atoms with E-state index in [2.05, 4.69) is 44.7 Å². The molecule has 1 aromatic carbocycles. The Balaban J connectivity index is 1.43. The first-order chi connectivity index (χ1) is 14.5. The van der Waals surface area contributed by atoms with Crippen molar-refractivity contribution in [1.29, 1.82) is 0 Å². The van der Waals surface area contributed by atoms with Crippen LogP contribution in [0.3, 0.4) is 0 Å². The second-order valence-corrected chi connectivity index (χ2v) is 8.81. The number of hydrogen-bond acceptors (Lipinski definition) is 5. The average molecular weight is 434 g/mol. The Hall–Kier alpha value is -2.19. The van der Waals surface area contributed by atoms with Crippen LogP contribution in [0.25, 0.3) is 0 Å². The summed E-state index contributed by atoms with van der Waals surface area (Å²) in [7, 11) is 3.28. The summed E-state index contributed by atoms with van der Waals surface area (Å²) >= 11 is 1.71. The van der Waals surface area contributed by atoms with Gasteiger partial charge in [-0.3, -0.25) is 9.89 Å². The fourth-order valence-electron chi connectivity index (χ4n) is 3.53. The molecule has 30 heavy (non-hydrogen) atoms. The molecule has 0 bridgehead atoms. The van der Waals surface area contributed by atoms with Gasteiger partial charge in [-0.1, -0.05) is 19.9 Å². The Bertz CT molecular complexity index is 846. The van der Waals surface area contributed by atoms with E-state index in [9.17, 15) is 4.39 Å². The predicted octanol–water partition coefficient (Wildman–Crippen LogP) is 3.74. The van der Waals surface area contributed by atoms with Crippen molar-refractivity contribution in [1.82, 2.24) is 20.5 Å². The SMILES string of the molecule is CN=C(NCc1csc(C(C)C)n1)NC1CCN(Cc2ccc(OC)c(F)c2)CC1. The number of rotatable bonds is 7. The predicted molar refractivity (Wildman–Crippen MR) is 121 cm³/mol. The Morgan fingerprint density at radius 2 is 2.13 bits per heavy atom. The molecule has 2 heterocycles. The van der Waals surface area contributed by atoms with E-state index in [-0.39, 0.29) is 5.82 Å². The molecule has 3 rings (SSSR count). The maximum atomic E-state index is 13.9. The van der Waals surface area contributed by atoms with Gasteiger partial charge in [0.05, 0.1) is 24.4 Å². The summed E-state index contributed by atoms with van der Waals surface area (Å²) in [5.41, 5.74) is 2.02. The van der Waals surface area contributed by atoms with Crippen LogP contribution in [-0.4, -0.2) is 49.1 Å². The van der Waals surface area contributed by atoms with Gasteiger partial charge in [0.2, 0.25) is 0 Å². The molecule has 2 aromatic rings. The number of likely N-dealkylation sites (tertiary alicyclic amines) is 1. The van der Waals surface area contributed by atoms with Gasteiger partial charge in [-0.25, -0.2) is 9.37 Å². The molecule has 1 aliphatic rings. The largest absolute Gasteiger partial charge is 0.494 e. The van der Waals surface area contributed by atoms with Crippen molar-refractivity contribution < 1.29 is 9.13 Å². The van der Waals surface area contributed by atoms with E-state index in [1.54, 1.807) is 30.5 Å². The number of methoxy groups -OCH3 is 1. The maximum absolute atomic E-state index is 13.9. The summed E-state index contributed by atoms with van der Waals surface area (Å²) < 4.78 is 18.9. The van der Waals surface area contributed by atoms with Gasteiger partial charge >= 0.3 is 0 Å². The number of nitrogens with one attached hydrogen (secondary N) is 2. The van der Waals surface area contributed by atoms with Gasteiger partial charge in [0.15, 0.2) is 17.5 Å². The molecular weight excluding hydrogens is 401 g/mol. The minimum atomic E-state index is -0.304. The molecule has 164 valence electrons. The number of guanidine groups is 1. The summed E-state index contributed by atoms with van der Waals surface area (Å²) in [6, 6.07) is 5.57. The fourth-order valence-corrected chi connectivity index (χ4v) is 4.37. The lowest BCUT2D eigenvalue weighted by molar-refractivity contribution is 0.198. The van der Waals surface area contributed by atoms with E-state index in [4.69, 9.17) is 4.74 Å². The van der Waals surface area contributed by atoms with E-state index in [1.807, 2.05) is 6.07 Å². The van der Waals surface area contributed by atoms with Crippen molar-refractivity contribution in [2.75, 3.05) is 27.2 Å². The maximum Gasteiger partial charge on any atom is 0.191 e. The zero-order valence-electron chi connectivity index (χ0n) is 18.2. The van der Waals surface area contributed by atoms with Crippen molar-refractivity contribution in [2.45, 2.75) is 51.7 Å². The van der Waals surface area contributed by atoms with E-state index in [1.165, 1.54) is 12.1 Å². The first-order valence-electron chi connectivity index (χ1n) is 10.4. The van der Waals surface area contributed by atoms with Gasteiger partial charge in [-0.2, -0.15) is 0 Å². The number of aliphatic imine (C=N–C) groups is 1. The monoisotopic (exact) mass is 433 g/mol. The average Bonchev–Trinajstić information content (AvgIpc) is 3.22. The Kier molecular flexibility index (Phi) is 8.04. The number of aromatic nitrogens is 1. The lowest BCUT2D eigenvalue weighted by Gasteiger charge is -2.33. The molecule has 6 nitrogen and oxygen atoms in total. The molecule has 1 fully saturated rings. The Labute approximate surface area is 182 Å². The number of benzene rings is 1. The van der Waals surface area contributed by atoms with Gasteiger partial charge in [0.1, 0.15) is 0 Å². The highest BCUT2D eigenvalue weighted by Crippen LogP contribution is 2.21. The zero-order valence-corrected chi connectivity index (χ0v) is 19.1. The molecule has 2 N–H and O–H groups in total. The molecule has 0 aliphatic carbocycles. The quantitative estimate of drug-likeness (QED) is 0.514. The molecule has 1 aliphatic heterocycles. The smallest absolute Gasteiger partial charge is 0.191 e. The summed E-state index contributed by atoms with van der Waals surface area (Å²) in [6.45, 7) is 7.67. The molecule has 1 aromatic heterocycles. The highest BCUT2D eigenvalue weighted by molar-refractivity contribution is 7.09. The van der Waals surface area contributed by atoms with Gasteiger partial charge in [0.25, 0.3) is 0 Å². The Morgan fingerprint density at radius 1 is 1.37 bits per heavy atom. The van der Waals surface area contributed by atoms with Crippen molar-refractivity contribution in [2.24, 2.45) is 4.99 Å². The number of halogens is 1. The van der Waals surface area contributed by atoms with Crippen LogP contribution in [0.5, 0.6) is 5.75 Å². The third kappa shape index (κ3) is 6.15. The van der Waals surface area contributed by atoms with Gasteiger partial charge < -0.3 is 15.4 Å². The van der Waals surface area contributed by atoms with E-state index < -0.39 is 0 Å². The lowest BCUT2D eigenvalue weighted by Crippen LogP contribution is -2.48. The molecule has 0 atom stereocenters. The standard InChI is InChI=1S/C22H32FN5OS/c1-15(2)21-26-18(14-30-21)12-25-22(24-3)27-17-7-9-28(10-8-17)13-16-5-6-20(29-4)19(23)11-16/h5-6,11,14-15,17H,7-10,12-13H2,1-4H3,(H2,24,25,27). The van der Waals surface area contributed by atoms with E-state index in [0.717, 1.165) is 49.7 Å². The topological polar surface area (TPSA) is 61.8 Å². The van der Waals surface area contributed by atoms with Crippen LogP contribution in [0.4, 0.5) is 4.39 Å². The normalized spacial score (nSPS) is 16.1. The van der Waals surface area contributed by atoms with Crippen molar-refractivity contribution >= 4 is 17.3 Å². The van der Waals surface area contributed by atoms with Crippen molar-refractivity contribution in [3.05, 3.63) is 45.7 Å². The van der Waals surface area contributed by atoms with Crippen LogP contribution in [-0.2, 0) is 13.1 Å². The van der Waals surface area contributed by atoms with Crippen LogP contribution in [0.1, 0.15) is 48.9 Å². The molecule has 0 spiro atoms. The summed E-state index contributed by atoms with van der Waals surface area (Å²) in [5, 5.41) is 10.2. The van der Waals surface area contributed by atoms with Gasteiger partial charge in [-0.15, -0.1) is 11.3 Å². The number of hydrogen-bond donors (Lipinski definition) is 2. The van der Waals surface area contributed by atoms with Crippen molar-refractivity contribution in [3.8, 4) is 5.75 Å². The second-order valence-electron chi connectivity index (χ2n) is 7.92. The van der Waals surface area contributed by atoms with Crippen LogP contribution in [0.15, 0.2) is 28.6 Å². The molecule has 8 heteroatoms. The number of ether oxygens (including phenoxy) is 1. The van der Waals surface area contributed by atoms with Gasteiger partial charge in [0, 0.05) is 44.0 Å². The number of thiazole rings is 1. The lowest BCUT2D eigenvalue weighted by atomic mass is 10.0. The van der Waals surface area contributed by atoms with Gasteiger partial charge in [-0.05, 0) is 30.5 Å². The van der Waals surface area contributed by atoms with Crippen LogP contribution < -0.4 is 15.4 Å². The second kappa shape index (κ2) is 10.7. The highest BCUT2D eigenvalue weighted by atomic mass is 32.1. The minimum absolute atomic E-state index is 0.290. The highest BCUT2D eigenvalue weighted by Gasteiger charge is 2.20. The summed E-state index contributed by atoms with van der Waals surface area (Å²) in [4.78, 5) is 11.4. The molecule has 0 unspecified atom stereocenters. The number of nitrogens with zero attached hydrogens (tertiary/aromatic N) is 3. The minimum Gasteiger partial charge on any atom is -0.494 e. The Morgan fingerprint density at radius 3 is 2.73 bits per heavy atom. The van der Waals surface area contributed by atoms with Crippen LogP contribution in [0.2, 0.25) is 0 Å². The summed E-state index contributed by atoms with van der Waals surface area (Å²) in [5.74, 6) is 1.26. The van der Waals surface area contributed by atoms with Crippen molar-refractivity contribution in [3.63, 3.8) is 0 Å². The number of piperidine rings is 1. The van der Waals surface area contributed by atoms with Crippen LogP contribution in [0, 0.1) is 5.82 Å².